The normalized spacial score (nSPS) is 14.7. The van der Waals surface area contributed by atoms with Crippen molar-refractivity contribution in [1.82, 2.24) is 5.32 Å². The van der Waals surface area contributed by atoms with Crippen LogP contribution in [0.5, 0.6) is 0 Å². The van der Waals surface area contributed by atoms with Crippen LogP contribution in [-0.4, -0.2) is 14.0 Å². The summed E-state index contributed by atoms with van der Waals surface area (Å²) in [6.07, 6.45) is 3.01. The van der Waals surface area contributed by atoms with E-state index in [1.54, 1.807) is 0 Å². The first kappa shape index (κ1) is 17.0. The van der Waals surface area contributed by atoms with E-state index in [-0.39, 0.29) is 11.9 Å². The Morgan fingerprint density at radius 3 is 2.30 bits per heavy atom. The van der Waals surface area contributed by atoms with Gasteiger partial charge in [-0.1, -0.05) is 69.7 Å². The van der Waals surface area contributed by atoms with Gasteiger partial charge in [-0.25, -0.2) is 0 Å². The number of carbonyl (C=O) groups excluding carboxylic acids is 1. The highest BCUT2D eigenvalue weighted by Crippen LogP contribution is 2.30. The second-order valence-electron chi connectivity index (χ2n) is 6.76. The summed E-state index contributed by atoms with van der Waals surface area (Å²) in [5.74, 6) is 0.197. The van der Waals surface area contributed by atoms with Crippen molar-refractivity contribution in [2.75, 3.05) is 0 Å². The third-order valence-electron chi connectivity index (χ3n) is 3.97. The summed E-state index contributed by atoms with van der Waals surface area (Å²) in [6.45, 7) is 11.3. The molecule has 1 aromatic rings. The average molecular weight is 292 g/mol. The van der Waals surface area contributed by atoms with Gasteiger partial charge in [0.1, 0.15) is 0 Å². The predicted octanol–water partition coefficient (Wildman–Crippen LogP) is 4.76. The molecule has 1 aromatic carbocycles. The molecular formula is C17H29NOSi. The molecule has 0 aliphatic carbocycles. The van der Waals surface area contributed by atoms with E-state index < -0.39 is 8.07 Å². The Bertz CT molecular complexity index is 411. The maximum absolute atomic E-state index is 12.3. The molecule has 2 atom stereocenters. The molecule has 1 rings (SSSR count). The van der Waals surface area contributed by atoms with Crippen molar-refractivity contribution in [1.29, 1.82) is 0 Å². The van der Waals surface area contributed by atoms with Crippen molar-refractivity contribution in [3.05, 3.63) is 35.9 Å². The maximum Gasteiger partial charge on any atom is 0.220 e. The van der Waals surface area contributed by atoms with Crippen LogP contribution in [0.3, 0.4) is 0 Å². The lowest BCUT2D eigenvalue weighted by Crippen LogP contribution is -2.34. The summed E-state index contributed by atoms with van der Waals surface area (Å²) in [5, 5.41) is 3.14. The molecule has 0 fully saturated rings. The fourth-order valence-corrected chi connectivity index (χ4v) is 4.49. The first-order chi connectivity index (χ1) is 9.34. The minimum atomic E-state index is -1.26. The van der Waals surface area contributed by atoms with E-state index in [2.05, 4.69) is 50.9 Å². The number of hydrogen-bond donors (Lipinski definition) is 1. The Kier molecular flexibility index (Phi) is 6.47. The van der Waals surface area contributed by atoms with E-state index in [1.165, 1.54) is 12.0 Å². The van der Waals surface area contributed by atoms with Gasteiger partial charge in [0.05, 0.1) is 6.04 Å². The highest BCUT2D eigenvalue weighted by molar-refractivity contribution is 6.77. The molecule has 0 bridgehead atoms. The summed E-state index contributed by atoms with van der Waals surface area (Å²) >= 11 is 0. The smallest absolute Gasteiger partial charge is 0.220 e. The highest BCUT2D eigenvalue weighted by atomic mass is 28.3. The van der Waals surface area contributed by atoms with Crippen molar-refractivity contribution in [3.63, 3.8) is 0 Å². The third-order valence-corrected chi connectivity index (χ3v) is 6.91. The van der Waals surface area contributed by atoms with Gasteiger partial charge in [-0.05, 0) is 18.0 Å². The molecular weight excluding hydrogens is 262 g/mol. The highest BCUT2D eigenvalue weighted by Gasteiger charge is 2.28. The zero-order valence-corrected chi connectivity index (χ0v) is 14.6. The van der Waals surface area contributed by atoms with Gasteiger partial charge < -0.3 is 5.32 Å². The fraction of sp³-hybridized carbons (Fsp3) is 0.588. The van der Waals surface area contributed by atoms with Gasteiger partial charge >= 0.3 is 0 Å². The Hall–Kier alpha value is -1.09. The standard InChI is InChI=1S/C17H29NOSi/c1-6-10-16(20(3,4)5)13-17(19)18-14(2)15-11-8-7-9-12-15/h7-9,11-12,14,16H,6,10,13H2,1-5H3,(H,18,19)/t14?,16-/m1/s1. The first-order valence-corrected chi connectivity index (χ1v) is 11.3. The van der Waals surface area contributed by atoms with Crippen LogP contribution in [0.15, 0.2) is 30.3 Å². The molecule has 0 aromatic heterocycles. The summed E-state index contributed by atoms with van der Waals surface area (Å²) in [4.78, 5) is 12.3. The first-order valence-electron chi connectivity index (χ1n) is 7.69. The van der Waals surface area contributed by atoms with E-state index >= 15 is 0 Å². The molecule has 1 unspecified atom stereocenters. The van der Waals surface area contributed by atoms with E-state index in [9.17, 15) is 4.79 Å². The second-order valence-corrected chi connectivity index (χ2v) is 12.3. The van der Waals surface area contributed by atoms with E-state index in [1.807, 2.05) is 18.2 Å². The minimum absolute atomic E-state index is 0.0904. The number of carbonyl (C=O) groups is 1. The molecule has 112 valence electrons. The van der Waals surface area contributed by atoms with Gasteiger partial charge in [0, 0.05) is 14.5 Å². The van der Waals surface area contributed by atoms with Crippen LogP contribution in [0.2, 0.25) is 25.2 Å². The van der Waals surface area contributed by atoms with E-state index in [4.69, 9.17) is 0 Å². The van der Waals surface area contributed by atoms with Crippen molar-refractivity contribution in [2.24, 2.45) is 0 Å². The summed E-state index contributed by atoms with van der Waals surface area (Å²) in [6, 6.07) is 10.2. The van der Waals surface area contributed by atoms with Gasteiger partial charge in [-0.15, -0.1) is 0 Å². The van der Waals surface area contributed by atoms with Crippen LogP contribution in [0.25, 0.3) is 0 Å². The van der Waals surface area contributed by atoms with Crippen LogP contribution in [0, 0.1) is 0 Å². The van der Waals surface area contributed by atoms with Gasteiger partial charge in [0.15, 0.2) is 0 Å². The average Bonchev–Trinajstić information content (AvgIpc) is 2.38. The molecule has 0 heterocycles. The SMILES string of the molecule is CCC[C@H](CC(=O)NC(C)c1ccccc1)[Si](C)(C)C. The van der Waals surface area contributed by atoms with Crippen LogP contribution < -0.4 is 5.32 Å². The number of rotatable bonds is 7. The molecule has 0 spiro atoms. The van der Waals surface area contributed by atoms with E-state index in [0.29, 0.717) is 12.0 Å². The molecule has 0 radical (unpaired) electrons. The van der Waals surface area contributed by atoms with Crippen LogP contribution in [0.1, 0.15) is 44.7 Å². The Morgan fingerprint density at radius 1 is 1.20 bits per heavy atom. The molecule has 0 aliphatic rings. The zero-order chi connectivity index (χ0) is 15.2. The topological polar surface area (TPSA) is 29.1 Å². The number of amides is 1. The van der Waals surface area contributed by atoms with Crippen molar-refractivity contribution in [3.8, 4) is 0 Å². The van der Waals surface area contributed by atoms with Crippen molar-refractivity contribution < 1.29 is 4.79 Å². The van der Waals surface area contributed by atoms with Gasteiger partial charge in [-0.3, -0.25) is 4.79 Å². The fourth-order valence-electron chi connectivity index (χ4n) is 2.54. The molecule has 1 N–H and O–H groups in total. The number of hydrogen-bond acceptors (Lipinski definition) is 1. The lowest BCUT2D eigenvalue weighted by molar-refractivity contribution is -0.121. The van der Waals surface area contributed by atoms with Gasteiger partial charge in [-0.2, -0.15) is 0 Å². The molecule has 2 nitrogen and oxygen atoms in total. The molecule has 0 saturated heterocycles. The van der Waals surface area contributed by atoms with Crippen LogP contribution >= 0.6 is 0 Å². The molecule has 20 heavy (non-hydrogen) atoms. The third kappa shape index (κ3) is 5.49. The van der Waals surface area contributed by atoms with Gasteiger partial charge in [0.2, 0.25) is 5.91 Å². The van der Waals surface area contributed by atoms with Crippen molar-refractivity contribution in [2.45, 2.75) is 64.3 Å². The largest absolute Gasteiger partial charge is 0.350 e. The van der Waals surface area contributed by atoms with Crippen LogP contribution in [-0.2, 0) is 4.79 Å². The molecule has 1 amide bonds. The summed E-state index contributed by atoms with van der Waals surface area (Å²) in [7, 11) is -1.26. The Morgan fingerprint density at radius 2 is 1.80 bits per heavy atom. The quantitative estimate of drug-likeness (QED) is 0.721. The van der Waals surface area contributed by atoms with Crippen LogP contribution in [0.4, 0.5) is 0 Å². The van der Waals surface area contributed by atoms with Gasteiger partial charge in [0.25, 0.3) is 0 Å². The maximum atomic E-state index is 12.3. The minimum Gasteiger partial charge on any atom is -0.350 e. The predicted molar refractivity (Wildman–Crippen MR) is 89.6 cm³/mol. The molecule has 3 heteroatoms. The number of nitrogens with one attached hydrogen (secondary N) is 1. The summed E-state index contributed by atoms with van der Waals surface area (Å²) < 4.78 is 0. The van der Waals surface area contributed by atoms with Crippen molar-refractivity contribution >= 4 is 14.0 Å². The number of benzene rings is 1. The zero-order valence-electron chi connectivity index (χ0n) is 13.6. The Labute approximate surface area is 125 Å². The molecule has 0 saturated carbocycles. The second kappa shape index (κ2) is 7.63. The lowest BCUT2D eigenvalue weighted by atomic mass is 10.1. The molecule has 0 aliphatic heterocycles. The lowest BCUT2D eigenvalue weighted by Gasteiger charge is -2.28. The monoisotopic (exact) mass is 291 g/mol. The summed E-state index contributed by atoms with van der Waals surface area (Å²) in [5.41, 5.74) is 1.75. The Balaban J connectivity index is 2.58. The van der Waals surface area contributed by atoms with E-state index in [0.717, 1.165) is 6.42 Å².